The minimum Gasteiger partial charge on any atom is -0.442 e. The highest BCUT2D eigenvalue weighted by molar-refractivity contribution is 7.13. The summed E-state index contributed by atoms with van der Waals surface area (Å²) in [4.78, 5) is 4.13. The fourth-order valence-corrected chi connectivity index (χ4v) is 1.84. The van der Waals surface area contributed by atoms with Crippen molar-refractivity contribution in [2.75, 3.05) is 0 Å². The van der Waals surface area contributed by atoms with E-state index in [1.807, 2.05) is 0 Å². The largest absolute Gasteiger partial charge is 0.442 e. The normalized spacial score (nSPS) is 10.6. The molecule has 1 N–H and O–H groups in total. The fourth-order valence-electron chi connectivity index (χ4n) is 0.922. The van der Waals surface area contributed by atoms with Gasteiger partial charge in [-0.15, -0.1) is 11.3 Å². The highest BCUT2D eigenvalue weighted by Crippen LogP contribution is 2.27. The Labute approximate surface area is 83.6 Å². The van der Waals surface area contributed by atoms with E-state index in [0.717, 1.165) is 5.01 Å². The number of hydrogen-bond acceptors (Lipinski definition) is 4. The third kappa shape index (κ3) is 1.75. The lowest BCUT2D eigenvalue weighted by Crippen LogP contribution is -1.81. The van der Waals surface area contributed by atoms with E-state index in [2.05, 4.69) is 4.98 Å². The van der Waals surface area contributed by atoms with Gasteiger partial charge in [0.1, 0.15) is 0 Å². The van der Waals surface area contributed by atoms with Crippen molar-refractivity contribution < 1.29 is 9.52 Å². The molecule has 0 bridgehead atoms. The van der Waals surface area contributed by atoms with Crippen LogP contribution in [0.1, 0.15) is 5.69 Å². The van der Waals surface area contributed by atoms with Gasteiger partial charge in [0, 0.05) is 5.38 Å². The topological polar surface area (TPSA) is 46.3 Å². The zero-order valence-corrected chi connectivity index (χ0v) is 8.10. The first-order chi connectivity index (χ1) is 6.29. The van der Waals surface area contributed by atoms with Gasteiger partial charge in [0.25, 0.3) is 0 Å². The Bertz CT molecular complexity index is 410. The number of aliphatic hydroxyl groups excluding tert-OH is 1. The second kappa shape index (κ2) is 3.49. The maximum Gasteiger partial charge on any atom is 0.194 e. The molecule has 13 heavy (non-hydrogen) atoms. The predicted molar refractivity (Wildman–Crippen MR) is 50.7 cm³/mol. The monoisotopic (exact) mass is 215 g/mol. The van der Waals surface area contributed by atoms with Crippen molar-refractivity contribution in [1.29, 1.82) is 0 Å². The Kier molecular flexibility index (Phi) is 2.35. The van der Waals surface area contributed by atoms with Crippen LogP contribution in [0.4, 0.5) is 0 Å². The van der Waals surface area contributed by atoms with E-state index in [-0.39, 0.29) is 6.61 Å². The summed E-state index contributed by atoms with van der Waals surface area (Å²) >= 11 is 7.03. The summed E-state index contributed by atoms with van der Waals surface area (Å²) < 4.78 is 5.16. The quantitative estimate of drug-likeness (QED) is 0.838. The molecule has 0 fully saturated rings. The highest BCUT2D eigenvalue weighted by atomic mass is 35.5. The van der Waals surface area contributed by atoms with E-state index in [4.69, 9.17) is 21.1 Å². The molecular weight excluding hydrogens is 210 g/mol. The molecule has 0 saturated carbocycles. The second-order valence-electron chi connectivity index (χ2n) is 2.41. The van der Waals surface area contributed by atoms with Crippen LogP contribution < -0.4 is 0 Å². The molecular formula is C8H6ClNO2S. The van der Waals surface area contributed by atoms with Gasteiger partial charge in [-0.3, -0.25) is 0 Å². The minimum absolute atomic E-state index is 0.0507. The molecule has 0 unspecified atom stereocenters. The molecule has 3 nitrogen and oxygen atoms in total. The van der Waals surface area contributed by atoms with Gasteiger partial charge in [0.05, 0.1) is 12.3 Å². The van der Waals surface area contributed by atoms with Gasteiger partial charge < -0.3 is 9.52 Å². The summed E-state index contributed by atoms with van der Waals surface area (Å²) in [5.41, 5.74) is 0.646. The average molecular weight is 216 g/mol. The van der Waals surface area contributed by atoms with E-state index in [1.54, 1.807) is 17.5 Å². The molecule has 2 heterocycles. The van der Waals surface area contributed by atoms with Gasteiger partial charge in [-0.2, -0.15) is 0 Å². The van der Waals surface area contributed by atoms with Crippen LogP contribution in [-0.2, 0) is 6.61 Å². The van der Waals surface area contributed by atoms with Crippen molar-refractivity contribution in [3.05, 3.63) is 28.4 Å². The Morgan fingerprint density at radius 3 is 2.92 bits per heavy atom. The number of rotatable bonds is 2. The first-order valence-electron chi connectivity index (χ1n) is 3.60. The number of furan rings is 1. The number of hydrogen-bond donors (Lipinski definition) is 1. The van der Waals surface area contributed by atoms with Crippen LogP contribution in [0.15, 0.2) is 21.9 Å². The van der Waals surface area contributed by atoms with Crippen LogP contribution in [0.5, 0.6) is 0 Å². The summed E-state index contributed by atoms with van der Waals surface area (Å²) in [6, 6.07) is 3.42. The van der Waals surface area contributed by atoms with Crippen molar-refractivity contribution in [2.45, 2.75) is 6.61 Å². The molecule has 0 amide bonds. The molecule has 2 rings (SSSR count). The van der Waals surface area contributed by atoms with Crippen LogP contribution in [0.3, 0.4) is 0 Å². The molecule has 2 aromatic rings. The summed E-state index contributed by atoms with van der Waals surface area (Å²) in [5, 5.41) is 11.6. The first-order valence-corrected chi connectivity index (χ1v) is 4.86. The minimum atomic E-state index is -0.0507. The standard InChI is InChI=1S/C8H6ClNO2S/c9-7-2-1-6(12-7)8-10-5(3-11)4-13-8/h1-2,4,11H,3H2. The number of nitrogens with zero attached hydrogens (tertiary/aromatic N) is 1. The molecule has 0 spiro atoms. The van der Waals surface area contributed by atoms with Crippen molar-refractivity contribution in [1.82, 2.24) is 4.98 Å². The van der Waals surface area contributed by atoms with Crippen molar-refractivity contribution in [3.63, 3.8) is 0 Å². The first kappa shape index (κ1) is 8.74. The van der Waals surface area contributed by atoms with Gasteiger partial charge in [0.2, 0.25) is 0 Å². The lowest BCUT2D eigenvalue weighted by Gasteiger charge is -1.87. The van der Waals surface area contributed by atoms with Crippen LogP contribution in [0.25, 0.3) is 10.8 Å². The Balaban J connectivity index is 2.35. The maximum absolute atomic E-state index is 8.79. The smallest absolute Gasteiger partial charge is 0.194 e. The molecule has 0 radical (unpaired) electrons. The maximum atomic E-state index is 8.79. The van der Waals surface area contributed by atoms with E-state index < -0.39 is 0 Å². The molecule has 2 aromatic heterocycles. The Morgan fingerprint density at radius 2 is 2.38 bits per heavy atom. The van der Waals surface area contributed by atoms with Gasteiger partial charge in [-0.25, -0.2) is 4.98 Å². The molecule has 0 aromatic carbocycles. The van der Waals surface area contributed by atoms with E-state index in [0.29, 0.717) is 16.7 Å². The predicted octanol–water partition coefficient (Wildman–Crippen LogP) is 2.55. The number of thiazole rings is 1. The number of halogens is 1. The summed E-state index contributed by atoms with van der Waals surface area (Å²) in [6.07, 6.45) is 0. The van der Waals surface area contributed by atoms with E-state index in [9.17, 15) is 0 Å². The van der Waals surface area contributed by atoms with Crippen LogP contribution >= 0.6 is 22.9 Å². The Hall–Kier alpha value is -0.840. The SMILES string of the molecule is OCc1csc(-c2ccc(Cl)o2)n1. The van der Waals surface area contributed by atoms with E-state index >= 15 is 0 Å². The van der Waals surface area contributed by atoms with Crippen LogP contribution in [0.2, 0.25) is 5.22 Å². The van der Waals surface area contributed by atoms with Crippen molar-refractivity contribution in [2.24, 2.45) is 0 Å². The second-order valence-corrected chi connectivity index (χ2v) is 3.64. The Morgan fingerprint density at radius 1 is 1.54 bits per heavy atom. The lowest BCUT2D eigenvalue weighted by atomic mass is 10.4. The van der Waals surface area contributed by atoms with Gasteiger partial charge >= 0.3 is 0 Å². The molecule has 0 atom stereocenters. The zero-order valence-electron chi connectivity index (χ0n) is 6.53. The van der Waals surface area contributed by atoms with Crippen molar-refractivity contribution in [3.8, 4) is 10.8 Å². The molecule has 5 heteroatoms. The number of aromatic nitrogens is 1. The molecule has 0 aliphatic rings. The van der Waals surface area contributed by atoms with Crippen LogP contribution in [0, 0.1) is 0 Å². The van der Waals surface area contributed by atoms with Crippen molar-refractivity contribution >= 4 is 22.9 Å². The third-order valence-corrected chi connectivity index (χ3v) is 2.61. The number of aliphatic hydroxyl groups is 1. The molecule has 68 valence electrons. The fraction of sp³-hybridized carbons (Fsp3) is 0.125. The summed E-state index contributed by atoms with van der Waals surface area (Å²) in [6.45, 7) is -0.0507. The molecule has 0 aliphatic heterocycles. The molecule has 0 aliphatic carbocycles. The van der Waals surface area contributed by atoms with Crippen LogP contribution in [-0.4, -0.2) is 10.1 Å². The summed E-state index contributed by atoms with van der Waals surface area (Å²) in [5.74, 6) is 0.634. The summed E-state index contributed by atoms with van der Waals surface area (Å²) in [7, 11) is 0. The highest BCUT2D eigenvalue weighted by Gasteiger charge is 2.07. The van der Waals surface area contributed by atoms with Gasteiger partial charge in [-0.05, 0) is 23.7 Å². The molecule has 0 saturated heterocycles. The zero-order chi connectivity index (χ0) is 9.26. The van der Waals surface area contributed by atoms with Gasteiger partial charge in [-0.1, -0.05) is 0 Å². The average Bonchev–Trinajstić information content (AvgIpc) is 2.71. The van der Waals surface area contributed by atoms with E-state index in [1.165, 1.54) is 11.3 Å². The van der Waals surface area contributed by atoms with Gasteiger partial charge in [0.15, 0.2) is 16.0 Å². The lowest BCUT2D eigenvalue weighted by molar-refractivity contribution is 0.277. The third-order valence-electron chi connectivity index (χ3n) is 1.50.